The average molecular weight is 285 g/mol. The summed E-state index contributed by atoms with van der Waals surface area (Å²) in [5, 5.41) is 0. The van der Waals surface area contributed by atoms with Gasteiger partial charge in [0, 0.05) is 16.9 Å². The van der Waals surface area contributed by atoms with Gasteiger partial charge in [-0.1, -0.05) is 15.9 Å². The normalized spacial score (nSPS) is 12.1. The summed E-state index contributed by atoms with van der Waals surface area (Å²) >= 11 is 3.38. The third kappa shape index (κ3) is 3.60. The van der Waals surface area contributed by atoms with E-state index in [4.69, 9.17) is 12.3 Å². The summed E-state index contributed by atoms with van der Waals surface area (Å²) in [6.07, 6.45) is 7.51. The van der Waals surface area contributed by atoms with Crippen LogP contribution < -0.4 is 11.3 Å². The minimum absolute atomic E-state index is 0.0848. The molecular weight excluding hydrogens is 271 g/mol. The largest absolute Gasteiger partial charge is 0.271 e. The molecule has 2 nitrogen and oxygen atoms in total. The smallest absolute Gasteiger partial charge is 0.123 e. The van der Waals surface area contributed by atoms with E-state index in [0.29, 0.717) is 6.42 Å². The first-order chi connectivity index (χ1) is 7.69. The third-order valence-corrected chi connectivity index (χ3v) is 3.07. The number of hydrogen-bond acceptors (Lipinski definition) is 2. The van der Waals surface area contributed by atoms with Gasteiger partial charge in [0.1, 0.15) is 5.82 Å². The van der Waals surface area contributed by atoms with Crippen LogP contribution in [-0.2, 0) is 0 Å². The van der Waals surface area contributed by atoms with Crippen molar-refractivity contribution in [2.75, 3.05) is 0 Å². The maximum absolute atomic E-state index is 13.1. The Morgan fingerprint density at radius 2 is 2.31 bits per heavy atom. The molecule has 0 aliphatic heterocycles. The van der Waals surface area contributed by atoms with Crippen molar-refractivity contribution in [3.8, 4) is 12.3 Å². The lowest BCUT2D eigenvalue weighted by Crippen LogP contribution is -2.28. The first-order valence-corrected chi connectivity index (χ1v) is 5.83. The van der Waals surface area contributed by atoms with Gasteiger partial charge in [-0.25, -0.2) is 4.39 Å². The molecule has 0 fully saturated rings. The lowest BCUT2D eigenvalue weighted by atomic mass is 10.0. The molecule has 0 amide bonds. The summed E-state index contributed by atoms with van der Waals surface area (Å²) in [5.74, 6) is 7.76. The van der Waals surface area contributed by atoms with Gasteiger partial charge in [0.25, 0.3) is 0 Å². The zero-order valence-electron chi connectivity index (χ0n) is 8.84. The highest BCUT2D eigenvalue weighted by atomic mass is 79.9. The van der Waals surface area contributed by atoms with E-state index in [2.05, 4.69) is 27.3 Å². The van der Waals surface area contributed by atoms with Crippen molar-refractivity contribution in [1.29, 1.82) is 0 Å². The number of unbranched alkanes of at least 4 members (excludes halogenated alkanes) is 1. The van der Waals surface area contributed by atoms with Gasteiger partial charge in [-0.3, -0.25) is 11.3 Å². The minimum Gasteiger partial charge on any atom is -0.271 e. The second kappa shape index (κ2) is 6.64. The van der Waals surface area contributed by atoms with E-state index < -0.39 is 0 Å². The molecule has 1 rings (SSSR count). The van der Waals surface area contributed by atoms with Crippen LogP contribution in [0.1, 0.15) is 30.9 Å². The van der Waals surface area contributed by atoms with Crippen molar-refractivity contribution >= 4 is 15.9 Å². The molecule has 0 radical (unpaired) electrons. The summed E-state index contributed by atoms with van der Waals surface area (Å²) in [4.78, 5) is 0. The molecule has 0 bridgehead atoms. The SMILES string of the molecule is C#CCCCC(NN)c1cc(F)ccc1Br. The maximum atomic E-state index is 13.1. The molecule has 4 heteroatoms. The molecule has 86 valence electrons. The van der Waals surface area contributed by atoms with Crippen LogP contribution in [0.4, 0.5) is 4.39 Å². The number of rotatable bonds is 5. The van der Waals surface area contributed by atoms with E-state index in [-0.39, 0.29) is 11.9 Å². The van der Waals surface area contributed by atoms with Crippen molar-refractivity contribution in [2.45, 2.75) is 25.3 Å². The Labute approximate surface area is 104 Å². The number of hydrazine groups is 1. The van der Waals surface area contributed by atoms with Crippen LogP contribution in [0, 0.1) is 18.2 Å². The summed E-state index contributed by atoms with van der Waals surface area (Å²) < 4.78 is 14.0. The van der Waals surface area contributed by atoms with Gasteiger partial charge in [0.15, 0.2) is 0 Å². The van der Waals surface area contributed by atoms with Crippen molar-refractivity contribution in [2.24, 2.45) is 5.84 Å². The second-order valence-corrected chi connectivity index (χ2v) is 4.34. The maximum Gasteiger partial charge on any atom is 0.123 e. The highest BCUT2D eigenvalue weighted by molar-refractivity contribution is 9.10. The molecule has 1 aromatic rings. The molecule has 3 N–H and O–H groups in total. The fraction of sp³-hybridized carbons (Fsp3) is 0.333. The molecule has 0 aliphatic rings. The standard InChI is InChI=1S/C12H14BrFN2/c1-2-3-4-5-12(16-15)10-8-9(14)6-7-11(10)13/h1,6-8,12,16H,3-5,15H2. The number of terminal acetylenes is 1. The fourth-order valence-electron chi connectivity index (χ4n) is 1.52. The molecule has 1 atom stereocenters. The van der Waals surface area contributed by atoms with Crippen molar-refractivity contribution in [3.63, 3.8) is 0 Å². The molecule has 0 saturated carbocycles. The monoisotopic (exact) mass is 284 g/mol. The predicted octanol–water partition coefficient (Wildman–Crippen LogP) is 2.90. The molecule has 0 aliphatic carbocycles. The van der Waals surface area contributed by atoms with Crippen molar-refractivity contribution < 1.29 is 4.39 Å². The molecule has 1 aromatic carbocycles. The second-order valence-electron chi connectivity index (χ2n) is 3.48. The number of benzene rings is 1. The van der Waals surface area contributed by atoms with Crippen LogP contribution in [0.2, 0.25) is 0 Å². The Morgan fingerprint density at radius 1 is 1.56 bits per heavy atom. The van der Waals surface area contributed by atoms with Gasteiger partial charge in [-0.05, 0) is 36.6 Å². The van der Waals surface area contributed by atoms with Gasteiger partial charge < -0.3 is 0 Å². The summed E-state index contributed by atoms with van der Waals surface area (Å²) in [5.41, 5.74) is 3.50. The van der Waals surface area contributed by atoms with Crippen molar-refractivity contribution in [1.82, 2.24) is 5.43 Å². The first-order valence-electron chi connectivity index (χ1n) is 5.03. The van der Waals surface area contributed by atoms with E-state index >= 15 is 0 Å². The van der Waals surface area contributed by atoms with Gasteiger partial charge in [-0.2, -0.15) is 0 Å². The van der Waals surface area contributed by atoms with Crippen LogP contribution in [0.5, 0.6) is 0 Å². The lowest BCUT2D eigenvalue weighted by Gasteiger charge is -2.17. The van der Waals surface area contributed by atoms with E-state index in [1.54, 1.807) is 6.07 Å². The number of nitrogens with one attached hydrogen (secondary N) is 1. The number of nitrogens with two attached hydrogens (primary N) is 1. The van der Waals surface area contributed by atoms with Crippen molar-refractivity contribution in [3.05, 3.63) is 34.1 Å². The molecule has 16 heavy (non-hydrogen) atoms. The summed E-state index contributed by atoms with van der Waals surface area (Å²) in [7, 11) is 0. The highest BCUT2D eigenvalue weighted by Gasteiger charge is 2.13. The Kier molecular flexibility index (Phi) is 5.47. The Bertz CT molecular complexity index is 387. The minimum atomic E-state index is -0.268. The van der Waals surface area contributed by atoms with E-state index in [9.17, 15) is 4.39 Å². The molecule has 0 heterocycles. The molecular formula is C12H14BrFN2. The van der Waals surface area contributed by atoms with Crippen LogP contribution in [0.15, 0.2) is 22.7 Å². The summed E-state index contributed by atoms with van der Waals surface area (Å²) in [6, 6.07) is 4.47. The van der Waals surface area contributed by atoms with Gasteiger partial charge in [-0.15, -0.1) is 12.3 Å². The molecule has 0 spiro atoms. The zero-order chi connectivity index (χ0) is 12.0. The number of halogens is 2. The van der Waals surface area contributed by atoms with E-state index in [0.717, 1.165) is 22.9 Å². The van der Waals surface area contributed by atoms with Gasteiger partial charge in [0.2, 0.25) is 0 Å². The lowest BCUT2D eigenvalue weighted by molar-refractivity contribution is 0.497. The first kappa shape index (κ1) is 13.2. The Hall–Kier alpha value is -0.890. The Balaban J connectivity index is 2.78. The van der Waals surface area contributed by atoms with Crippen LogP contribution in [0.25, 0.3) is 0 Å². The van der Waals surface area contributed by atoms with E-state index in [1.807, 2.05) is 0 Å². The zero-order valence-corrected chi connectivity index (χ0v) is 10.4. The predicted molar refractivity (Wildman–Crippen MR) is 66.8 cm³/mol. The van der Waals surface area contributed by atoms with Crippen LogP contribution in [-0.4, -0.2) is 0 Å². The topological polar surface area (TPSA) is 38.0 Å². The molecule has 0 aromatic heterocycles. The van der Waals surface area contributed by atoms with Gasteiger partial charge >= 0.3 is 0 Å². The molecule has 0 saturated heterocycles. The Morgan fingerprint density at radius 3 is 2.94 bits per heavy atom. The highest BCUT2D eigenvalue weighted by Crippen LogP contribution is 2.27. The number of hydrogen-bond donors (Lipinski definition) is 2. The van der Waals surface area contributed by atoms with Crippen LogP contribution in [0.3, 0.4) is 0 Å². The van der Waals surface area contributed by atoms with Gasteiger partial charge in [0.05, 0.1) is 0 Å². The third-order valence-electron chi connectivity index (χ3n) is 2.35. The average Bonchev–Trinajstić information content (AvgIpc) is 2.28. The quantitative estimate of drug-likeness (QED) is 0.378. The van der Waals surface area contributed by atoms with E-state index in [1.165, 1.54) is 12.1 Å². The fourth-order valence-corrected chi connectivity index (χ4v) is 2.04. The summed E-state index contributed by atoms with van der Waals surface area (Å²) in [6.45, 7) is 0. The van der Waals surface area contributed by atoms with Crippen LogP contribution >= 0.6 is 15.9 Å². The molecule has 1 unspecified atom stereocenters.